The quantitative estimate of drug-likeness (QED) is 0.811. The third-order valence-electron chi connectivity index (χ3n) is 4.30. The molecule has 5 nitrogen and oxygen atoms in total. The van der Waals surface area contributed by atoms with Crippen LogP contribution in [0.5, 0.6) is 0 Å². The molecule has 1 aliphatic rings. The van der Waals surface area contributed by atoms with Gasteiger partial charge in [0.15, 0.2) is 0 Å². The summed E-state index contributed by atoms with van der Waals surface area (Å²) in [6, 6.07) is 9.03. The first kappa shape index (κ1) is 19.0. The molecule has 1 amide bonds. The van der Waals surface area contributed by atoms with E-state index in [-0.39, 0.29) is 21.4 Å². The van der Waals surface area contributed by atoms with E-state index in [4.69, 9.17) is 23.2 Å². The highest BCUT2D eigenvalue weighted by molar-refractivity contribution is 7.92. The van der Waals surface area contributed by atoms with Gasteiger partial charge in [0.05, 0.1) is 21.2 Å². The van der Waals surface area contributed by atoms with E-state index >= 15 is 0 Å². The van der Waals surface area contributed by atoms with Crippen LogP contribution in [0.2, 0.25) is 10.0 Å². The third kappa shape index (κ3) is 3.98. The van der Waals surface area contributed by atoms with Gasteiger partial charge in [-0.1, -0.05) is 29.3 Å². The molecule has 2 aromatic carbocycles. The van der Waals surface area contributed by atoms with Crippen LogP contribution in [-0.2, 0) is 10.0 Å². The van der Waals surface area contributed by atoms with Gasteiger partial charge in [-0.25, -0.2) is 8.42 Å². The van der Waals surface area contributed by atoms with Crippen LogP contribution in [0.15, 0.2) is 41.3 Å². The zero-order chi connectivity index (χ0) is 18.9. The zero-order valence-corrected chi connectivity index (χ0v) is 16.5. The predicted octanol–water partition coefficient (Wildman–Crippen LogP) is 4.34. The second-order valence-electron chi connectivity index (χ2n) is 6.21. The number of sulfonamides is 1. The van der Waals surface area contributed by atoms with Gasteiger partial charge in [0.1, 0.15) is 0 Å². The van der Waals surface area contributed by atoms with Gasteiger partial charge in [-0.05, 0) is 55.7 Å². The molecule has 0 atom stereocenters. The van der Waals surface area contributed by atoms with Gasteiger partial charge in [-0.3, -0.25) is 9.52 Å². The molecule has 1 N–H and O–H groups in total. The zero-order valence-electron chi connectivity index (χ0n) is 14.1. The van der Waals surface area contributed by atoms with E-state index in [0.29, 0.717) is 23.8 Å². The second-order valence-corrected chi connectivity index (χ2v) is 8.71. The number of halogens is 2. The SMILES string of the molecule is Cc1ccc(NS(=O)(=O)c2ccc(Cl)c(C(=O)N3CCCC3)c2)cc1Cl. The van der Waals surface area contributed by atoms with Gasteiger partial charge in [0, 0.05) is 18.1 Å². The Morgan fingerprint density at radius 1 is 1.04 bits per heavy atom. The third-order valence-corrected chi connectivity index (χ3v) is 6.41. The summed E-state index contributed by atoms with van der Waals surface area (Å²) in [5.74, 6) is -0.247. The average Bonchev–Trinajstić information content (AvgIpc) is 3.12. The molecule has 0 bridgehead atoms. The largest absolute Gasteiger partial charge is 0.339 e. The molecule has 1 aliphatic heterocycles. The van der Waals surface area contributed by atoms with Gasteiger partial charge >= 0.3 is 0 Å². The topological polar surface area (TPSA) is 66.5 Å². The van der Waals surface area contributed by atoms with Crippen molar-refractivity contribution in [3.05, 3.63) is 57.6 Å². The normalized spacial score (nSPS) is 14.5. The van der Waals surface area contributed by atoms with Crippen molar-refractivity contribution in [2.45, 2.75) is 24.7 Å². The van der Waals surface area contributed by atoms with Gasteiger partial charge in [-0.2, -0.15) is 0 Å². The van der Waals surface area contributed by atoms with Crippen LogP contribution in [0.25, 0.3) is 0 Å². The van der Waals surface area contributed by atoms with Crippen molar-refractivity contribution in [2.75, 3.05) is 17.8 Å². The minimum Gasteiger partial charge on any atom is -0.339 e. The molecular weight excluding hydrogens is 395 g/mol. The Labute approximate surface area is 163 Å². The first-order valence-electron chi connectivity index (χ1n) is 8.16. The fraction of sp³-hybridized carbons (Fsp3) is 0.278. The van der Waals surface area contributed by atoms with Gasteiger partial charge in [0.2, 0.25) is 0 Å². The standard InChI is InChI=1S/C18H18Cl2N2O3S/c1-12-4-5-13(10-17(12)20)21-26(24,25)14-6-7-16(19)15(11-14)18(23)22-8-2-3-9-22/h4-7,10-11,21H,2-3,8-9H2,1H3. The number of amides is 1. The molecule has 0 aliphatic carbocycles. The number of anilines is 1. The smallest absolute Gasteiger partial charge is 0.261 e. The number of benzene rings is 2. The number of hydrogen-bond donors (Lipinski definition) is 1. The Hall–Kier alpha value is -1.76. The molecule has 8 heteroatoms. The molecule has 0 unspecified atom stereocenters. The van der Waals surface area contributed by atoms with Crippen LogP contribution in [0.4, 0.5) is 5.69 Å². The van der Waals surface area contributed by atoms with Crippen molar-refractivity contribution >= 4 is 44.8 Å². The molecule has 26 heavy (non-hydrogen) atoms. The number of carbonyl (C=O) groups excluding carboxylic acids is 1. The molecule has 0 saturated carbocycles. The minimum atomic E-state index is -3.88. The molecule has 2 aromatic rings. The second kappa shape index (κ2) is 7.47. The summed E-state index contributed by atoms with van der Waals surface area (Å²) in [4.78, 5) is 14.3. The van der Waals surface area contributed by atoms with E-state index in [2.05, 4.69) is 4.72 Å². The van der Waals surface area contributed by atoms with E-state index < -0.39 is 10.0 Å². The molecule has 0 radical (unpaired) electrons. The number of nitrogens with one attached hydrogen (secondary N) is 1. The fourth-order valence-electron chi connectivity index (χ4n) is 2.80. The molecule has 138 valence electrons. The monoisotopic (exact) mass is 412 g/mol. The summed E-state index contributed by atoms with van der Waals surface area (Å²) in [5, 5.41) is 0.699. The lowest BCUT2D eigenvalue weighted by atomic mass is 10.2. The summed E-state index contributed by atoms with van der Waals surface area (Å²) < 4.78 is 27.8. The molecule has 1 heterocycles. The van der Waals surface area contributed by atoms with Crippen LogP contribution in [-0.4, -0.2) is 32.3 Å². The molecule has 0 spiro atoms. The van der Waals surface area contributed by atoms with Gasteiger partial charge in [0.25, 0.3) is 15.9 Å². The molecule has 0 aromatic heterocycles. The number of rotatable bonds is 4. The summed E-state index contributed by atoms with van der Waals surface area (Å²) in [5.41, 5.74) is 1.39. The summed E-state index contributed by atoms with van der Waals surface area (Å²) in [7, 11) is -3.88. The highest BCUT2D eigenvalue weighted by Gasteiger charge is 2.24. The highest BCUT2D eigenvalue weighted by Crippen LogP contribution is 2.26. The number of carbonyl (C=O) groups is 1. The number of likely N-dealkylation sites (tertiary alicyclic amines) is 1. The first-order chi connectivity index (χ1) is 12.3. The molecule has 3 rings (SSSR count). The van der Waals surface area contributed by atoms with Crippen molar-refractivity contribution < 1.29 is 13.2 Å². The number of nitrogens with zero attached hydrogens (tertiary/aromatic N) is 1. The van der Waals surface area contributed by atoms with Gasteiger partial charge in [-0.15, -0.1) is 0 Å². The Bertz CT molecular complexity index is 955. The maximum absolute atomic E-state index is 12.7. The lowest BCUT2D eigenvalue weighted by Crippen LogP contribution is -2.28. The van der Waals surface area contributed by atoms with Crippen molar-refractivity contribution in [1.82, 2.24) is 4.90 Å². The van der Waals surface area contributed by atoms with E-state index in [9.17, 15) is 13.2 Å². The maximum atomic E-state index is 12.7. The Morgan fingerprint density at radius 2 is 1.73 bits per heavy atom. The van der Waals surface area contributed by atoms with E-state index in [1.165, 1.54) is 18.2 Å². The summed E-state index contributed by atoms with van der Waals surface area (Å²) in [6.45, 7) is 3.15. The Kier molecular flexibility index (Phi) is 5.46. The molecule has 1 saturated heterocycles. The predicted molar refractivity (Wildman–Crippen MR) is 104 cm³/mol. The highest BCUT2D eigenvalue weighted by atomic mass is 35.5. The number of hydrogen-bond acceptors (Lipinski definition) is 3. The minimum absolute atomic E-state index is 0.0267. The van der Waals surface area contributed by atoms with Crippen LogP contribution in [0.3, 0.4) is 0 Å². The van der Waals surface area contributed by atoms with E-state index in [1.807, 2.05) is 6.92 Å². The lowest BCUT2D eigenvalue weighted by molar-refractivity contribution is 0.0792. The fourth-order valence-corrected chi connectivity index (χ4v) is 4.25. The summed E-state index contributed by atoms with van der Waals surface area (Å²) >= 11 is 12.2. The van der Waals surface area contributed by atoms with Crippen molar-refractivity contribution in [3.63, 3.8) is 0 Å². The number of aryl methyl sites for hydroxylation is 1. The first-order valence-corrected chi connectivity index (χ1v) is 10.4. The Balaban J connectivity index is 1.91. The molecule has 1 fully saturated rings. The van der Waals surface area contributed by atoms with Gasteiger partial charge < -0.3 is 4.90 Å². The molecular formula is C18H18Cl2N2O3S. The van der Waals surface area contributed by atoms with Crippen LogP contribution in [0.1, 0.15) is 28.8 Å². The average molecular weight is 413 g/mol. The van der Waals surface area contributed by atoms with Crippen molar-refractivity contribution in [2.24, 2.45) is 0 Å². The lowest BCUT2D eigenvalue weighted by Gasteiger charge is -2.17. The summed E-state index contributed by atoms with van der Waals surface area (Å²) in [6.07, 6.45) is 1.88. The van der Waals surface area contributed by atoms with Crippen molar-refractivity contribution in [1.29, 1.82) is 0 Å². The van der Waals surface area contributed by atoms with Crippen LogP contribution in [0, 0.1) is 6.92 Å². The van der Waals surface area contributed by atoms with E-state index in [1.54, 1.807) is 23.1 Å². The maximum Gasteiger partial charge on any atom is 0.261 e. The van der Waals surface area contributed by atoms with Crippen LogP contribution >= 0.6 is 23.2 Å². The van der Waals surface area contributed by atoms with E-state index in [0.717, 1.165) is 18.4 Å². The van der Waals surface area contributed by atoms with Crippen LogP contribution < -0.4 is 4.72 Å². The Morgan fingerprint density at radius 3 is 2.38 bits per heavy atom. The van der Waals surface area contributed by atoms with Crippen molar-refractivity contribution in [3.8, 4) is 0 Å².